The van der Waals surface area contributed by atoms with Crippen molar-refractivity contribution >= 4 is 23.2 Å². The van der Waals surface area contributed by atoms with Gasteiger partial charge in [0.25, 0.3) is 5.91 Å². The predicted octanol–water partition coefficient (Wildman–Crippen LogP) is 3.36. The monoisotopic (exact) mass is 373 g/mol. The quantitative estimate of drug-likeness (QED) is 0.760. The van der Waals surface area contributed by atoms with E-state index in [2.05, 4.69) is 37.2 Å². The van der Waals surface area contributed by atoms with E-state index in [0.717, 1.165) is 49.1 Å². The molecule has 0 spiro atoms. The van der Waals surface area contributed by atoms with Gasteiger partial charge in [-0.15, -0.1) is 0 Å². The Kier molecular flexibility index (Phi) is 5.19. The molecule has 4 rings (SSSR count). The maximum atomic E-state index is 12.5. The molecule has 1 aliphatic rings. The molecule has 1 amide bonds. The molecule has 1 saturated heterocycles. The van der Waals surface area contributed by atoms with Crippen molar-refractivity contribution in [3.05, 3.63) is 78.1 Å². The molecule has 3 aromatic rings. The number of rotatable bonds is 4. The van der Waals surface area contributed by atoms with Crippen LogP contribution in [0.2, 0.25) is 0 Å². The Balaban J connectivity index is 1.36. The third-order valence-electron chi connectivity index (χ3n) is 4.99. The first-order valence-electron chi connectivity index (χ1n) is 9.45. The number of aryl methyl sites for hydroxylation is 1. The molecule has 1 N–H and O–H groups in total. The standard InChI is InChI=1S/C22H23N5O/c1-17-5-2-3-6-20(17)21(28)25-18-7-9-19(10-8-18)26-13-15-27(16-14-26)22-23-11-4-12-24-22/h2-12H,13-16H2,1H3,(H,25,28). The Morgan fingerprint density at radius 3 is 2.18 bits per heavy atom. The van der Waals surface area contributed by atoms with Crippen LogP contribution in [0, 0.1) is 6.92 Å². The van der Waals surface area contributed by atoms with E-state index in [1.807, 2.05) is 49.4 Å². The Morgan fingerprint density at radius 1 is 0.857 bits per heavy atom. The Morgan fingerprint density at radius 2 is 1.50 bits per heavy atom. The summed E-state index contributed by atoms with van der Waals surface area (Å²) in [5.41, 5.74) is 3.62. The Hall–Kier alpha value is -3.41. The van der Waals surface area contributed by atoms with Crippen LogP contribution in [0.5, 0.6) is 0 Å². The van der Waals surface area contributed by atoms with Crippen LogP contribution in [0.15, 0.2) is 67.0 Å². The number of amides is 1. The molecule has 0 unspecified atom stereocenters. The number of hydrogen-bond acceptors (Lipinski definition) is 5. The summed E-state index contributed by atoms with van der Waals surface area (Å²) in [4.78, 5) is 25.6. The number of carbonyl (C=O) groups excluding carboxylic acids is 1. The number of benzene rings is 2. The normalized spacial score (nSPS) is 14.0. The molecule has 142 valence electrons. The zero-order valence-electron chi connectivity index (χ0n) is 15.9. The SMILES string of the molecule is Cc1ccccc1C(=O)Nc1ccc(N2CCN(c3ncccn3)CC2)cc1. The van der Waals surface area contributed by atoms with E-state index in [0.29, 0.717) is 5.56 Å². The van der Waals surface area contributed by atoms with Crippen molar-refractivity contribution < 1.29 is 4.79 Å². The zero-order chi connectivity index (χ0) is 19.3. The summed E-state index contributed by atoms with van der Waals surface area (Å²) >= 11 is 0. The van der Waals surface area contributed by atoms with Gasteiger partial charge in [-0.3, -0.25) is 4.79 Å². The zero-order valence-corrected chi connectivity index (χ0v) is 15.9. The van der Waals surface area contributed by atoms with Gasteiger partial charge in [-0.25, -0.2) is 9.97 Å². The van der Waals surface area contributed by atoms with Crippen molar-refractivity contribution in [3.8, 4) is 0 Å². The predicted molar refractivity (Wildman–Crippen MR) is 112 cm³/mol. The van der Waals surface area contributed by atoms with Gasteiger partial charge < -0.3 is 15.1 Å². The third-order valence-corrected chi connectivity index (χ3v) is 4.99. The van der Waals surface area contributed by atoms with Gasteiger partial charge in [0, 0.05) is 55.5 Å². The van der Waals surface area contributed by atoms with Gasteiger partial charge in [0.2, 0.25) is 5.95 Å². The van der Waals surface area contributed by atoms with E-state index in [9.17, 15) is 4.79 Å². The third kappa shape index (κ3) is 3.96. The van der Waals surface area contributed by atoms with E-state index in [1.54, 1.807) is 12.4 Å². The van der Waals surface area contributed by atoms with Crippen LogP contribution < -0.4 is 15.1 Å². The van der Waals surface area contributed by atoms with E-state index in [4.69, 9.17) is 0 Å². The summed E-state index contributed by atoms with van der Waals surface area (Å²) in [5.74, 6) is 0.707. The fourth-order valence-electron chi connectivity index (χ4n) is 3.40. The van der Waals surface area contributed by atoms with Gasteiger partial charge in [-0.1, -0.05) is 18.2 Å². The molecular formula is C22H23N5O. The van der Waals surface area contributed by atoms with Crippen LogP contribution in [0.3, 0.4) is 0 Å². The van der Waals surface area contributed by atoms with Crippen LogP contribution in [0.4, 0.5) is 17.3 Å². The lowest BCUT2D eigenvalue weighted by Gasteiger charge is -2.36. The van der Waals surface area contributed by atoms with E-state index < -0.39 is 0 Å². The molecule has 0 atom stereocenters. The first-order chi connectivity index (χ1) is 13.7. The molecular weight excluding hydrogens is 350 g/mol. The van der Waals surface area contributed by atoms with E-state index >= 15 is 0 Å². The summed E-state index contributed by atoms with van der Waals surface area (Å²) in [6.07, 6.45) is 3.55. The molecule has 1 fully saturated rings. The van der Waals surface area contributed by atoms with Crippen LogP contribution in [-0.2, 0) is 0 Å². The lowest BCUT2D eigenvalue weighted by Crippen LogP contribution is -2.47. The number of anilines is 3. The number of piperazine rings is 1. The van der Waals surface area contributed by atoms with Crippen LogP contribution >= 0.6 is 0 Å². The van der Waals surface area contributed by atoms with Crippen molar-refractivity contribution in [1.82, 2.24) is 9.97 Å². The van der Waals surface area contributed by atoms with Gasteiger partial charge >= 0.3 is 0 Å². The minimum atomic E-state index is -0.0812. The molecule has 0 saturated carbocycles. The highest BCUT2D eigenvalue weighted by Crippen LogP contribution is 2.21. The van der Waals surface area contributed by atoms with Crippen molar-refractivity contribution in [3.63, 3.8) is 0 Å². The molecule has 0 radical (unpaired) electrons. The Labute approximate surface area is 164 Å². The van der Waals surface area contributed by atoms with Crippen molar-refractivity contribution in [2.45, 2.75) is 6.92 Å². The number of carbonyl (C=O) groups is 1. The fraction of sp³-hybridized carbons (Fsp3) is 0.227. The van der Waals surface area contributed by atoms with E-state index in [-0.39, 0.29) is 5.91 Å². The van der Waals surface area contributed by atoms with Gasteiger partial charge in [-0.2, -0.15) is 0 Å². The summed E-state index contributed by atoms with van der Waals surface area (Å²) in [5, 5.41) is 2.98. The first kappa shape index (κ1) is 18.0. The molecule has 0 bridgehead atoms. The minimum absolute atomic E-state index is 0.0812. The maximum absolute atomic E-state index is 12.5. The minimum Gasteiger partial charge on any atom is -0.368 e. The molecule has 28 heavy (non-hydrogen) atoms. The number of hydrogen-bond donors (Lipinski definition) is 1. The Bertz CT molecular complexity index is 935. The fourth-order valence-corrected chi connectivity index (χ4v) is 3.40. The van der Waals surface area contributed by atoms with Gasteiger partial charge in [0.15, 0.2) is 0 Å². The average Bonchev–Trinajstić information content (AvgIpc) is 2.75. The molecule has 2 heterocycles. The summed E-state index contributed by atoms with van der Waals surface area (Å²) in [6, 6.07) is 17.5. The average molecular weight is 373 g/mol. The van der Waals surface area contributed by atoms with Crippen molar-refractivity contribution in [2.24, 2.45) is 0 Å². The van der Waals surface area contributed by atoms with Gasteiger partial charge in [0.05, 0.1) is 0 Å². The van der Waals surface area contributed by atoms with Gasteiger partial charge in [-0.05, 0) is 48.9 Å². The summed E-state index contributed by atoms with van der Waals surface area (Å²) in [7, 11) is 0. The highest BCUT2D eigenvalue weighted by atomic mass is 16.1. The molecule has 2 aromatic carbocycles. The smallest absolute Gasteiger partial charge is 0.255 e. The molecule has 0 aliphatic carbocycles. The second-order valence-electron chi connectivity index (χ2n) is 6.84. The van der Waals surface area contributed by atoms with Crippen molar-refractivity contribution in [2.75, 3.05) is 41.3 Å². The van der Waals surface area contributed by atoms with Gasteiger partial charge in [0.1, 0.15) is 0 Å². The molecule has 6 heteroatoms. The van der Waals surface area contributed by atoms with Crippen LogP contribution in [-0.4, -0.2) is 42.1 Å². The number of nitrogens with zero attached hydrogens (tertiary/aromatic N) is 4. The summed E-state index contributed by atoms with van der Waals surface area (Å²) < 4.78 is 0. The lowest BCUT2D eigenvalue weighted by molar-refractivity contribution is 0.102. The molecule has 1 aliphatic heterocycles. The topological polar surface area (TPSA) is 61.4 Å². The van der Waals surface area contributed by atoms with E-state index in [1.165, 1.54) is 0 Å². The number of nitrogens with one attached hydrogen (secondary N) is 1. The second kappa shape index (κ2) is 8.08. The maximum Gasteiger partial charge on any atom is 0.255 e. The van der Waals surface area contributed by atoms with Crippen LogP contribution in [0.1, 0.15) is 15.9 Å². The van der Waals surface area contributed by atoms with Crippen LogP contribution in [0.25, 0.3) is 0 Å². The molecule has 6 nitrogen and oxygen atoms in total. The number of aromatic nitrogens is 2. The summed E-state index contributed by atoms with van der Waals surface area (Å²) in [6.45, 7) is 5.53. The lowest BCUT2D eigenvalue weighted by atomic mass is 10.1. The largest absolute Gasteiger partial charge is 0.368 e. The molecule has 1 aromatic heterocycles. The highest BCUT2D eigenvalue weighted by Gasteiger charge is 2.19. The highest BCUT2D eigenvalue weighted by molar-refractivity contribution is 6.05. The first-order valence-corrected chi connectivity index (χ1v) is 9.45. The van der Waals surface area contributed by atoms with Crippen molar-refractivity contribution in [1.29, 1.82) is 0 Å². The second-order valence-corrected chi connectivity index (χ2v) is 6.84.